The van der Waals surface area contributed by atoms with Crippen LogP contribution in [-0.4, -0.2) is 36.3 Å². The topological polar surface area (TPSA) is 62.6 Å². The zero-order valence-electron chi connectivity index (χ0n) is 13.3. The number of benzene rings is 1. The van der Waals surface area contributed by atoms with Gasteiger partial charge >= 0.3 is 6.18 Å². The third-order valence-corrected chi connectivity index (χ3v) is 3.98. The molecule has 1 atom stereocenters. The molecular formula is C17H15F3N2O3. The first-order valence-electron chi connectivity index (χ1n) is 7.56. The molecule has 2 amide bonds. The molecule has 0 aliphatic carbocycles. The third kappa shape index (κ3) is 3.67. The van der Waals surface area contributed by atoms with E-state index in [1.54, 1.807) is 7.05 Å². The highest BCUT2D eigenvalue weighted by molar-refractivity contribution is 5.93. The second-order valence-electron chi connectivity index (χ2n) is 5.89. The summed E-state index contributed by atoms with van der Waals surface area (Å²) in [7, 11) is 1.65. The number of likely N-dealkylation sites (tertiary alicyclic amines) is 1. The number of hydrogen-bond donors (Lipinski definition) is 1. The van der Waals surface area contributed by atoms with Crippen molar-refractivity contribution in [1.82, 2.24) is 10.2 Å². The van der Waals surface area contributed by atoms with Gasteiger partial charge in [0.05, 0.1) is 11.6 Å². The Kier molecular flexibility index (Phi) is 4.28. The highest BCUT2D eigenvalue weighted by Crippen LogP contribution is 2.32. The zero-order chi connectivity index (χ0) is 18.2. The highest BCUT2D eigenvalue weighted by atomic mass is 19.4. The number of hydrogen-bond acceptors (Lipinski definition) is 3. The predicted molar refractivity (Wildman–Crippen MR) is 82.7 cm³/mol. The molecule has 25 heavy (non-hydrogen) atoms. The first-order valence-corrected chi connectivity index (χ1v) is 7.56. The summed E-state index contributed by atoms with van der Waals surface area (Å²) >= 11 is 0. The molecule has 1 aliphatic heterocycles. The van der Waals surface area contributed by atoms with Crippen LogP contribution < -0.4 is 5.32 Å². The Morgan fingerprint density at radius 1 is 1.28 bits per heavy atom. The quantitative estimate of drug-likeness (QED) is 0.924. The van der Waals surface area contributed by atoms with Crippen LogP contribution in [-0.2, 0) is 11.0 Å². The van der Waals surface area contributed by atoms with Crippen molar-refractivity contribution in [3.8, 4) is 11.3 Å². The number of alkyl halides is 3. The molecule has 132 valence electrons. The van der Waals surface area contributed by atoms with E-state index >= 15 is 0 Å². The molecule has 1 N–H and O–H groups in total. The molecule has 1 aliphatic rings. The van der Waals surface area contributed by atoms with Crippen molar-refractivity contribution in [2.24, 2.45) is 0 Å². The Labute approximate surface area is 141 Å². The molecule has 0 radical (unpaired) electrons. The monoisotopic (exact) mass is 352 g/mol. The maximum Gasteiger partial charge on any atom is 0.416 e. The Balaban J connectivity index is 1.74. The van der Waals surface area contributed by atoms with Gasteiger partial charge in [0.25, 0.3) is 5.91 Å². The van der Waals surface area contributed by atoms with E-state index in [-0.39, 0.29) is 35.5 Å². The number of carbonyl (C=O) groups is 2. The fraction of sp³-hybridized carbons (Fsp3) is 0.294. The summed E-state index contributed by atoms with van der Waals surface area (Å²) in [6.07, 6.45) is -4.24. The number of likely N-dealkylation sites (N-methyl/N-ethyl adjacent to an activating group) is 1. The van der Waals surface area contributed by atoms with Crippen LogP contribution in [0.2, 0.25) is 0 Å². The van der Waals surface area contributed by atoms with Crippen molar-refractivity contribution in [2.45, 2.75) is 18.6 Å². The maximum atomic E-state index is 12.8. The summed E-state index contributed by atoms with van der Waals surface area (Å²) in [5.41, 5.74) is -0.565. The van der Waals surface area contributed by atoms with Crippen molar-refractivity contribution in [1.29, 1.82) is 0 Å². The van der Waals surface area contributed by atoms with Gasteiger partial charge in [0.2, 0.25) is 5.91 Å². The van der Waals surface area contributed by atoms with Gasteiger partial charge < -0.3 is 14.6 Å². The lowest BCUT2D eigenvalue weighted by molar-refractivity contribution is -0.137. The predicted octanol–water partition coefficient (Wildman–Crippen LogP) is 2.93. The van der Waals surface area contributed by atoms with Crippen LogP contribution in [0.3, 0.4) is 0 Å². The number of furan rings is 1. The van der Waals surface area contributed by atoms with Crippen LogP contribution >= 0.6 is 0 Å². The smallest absolute Gasteiger partial charge is 0.416 e. The van der Waals surface area contributed by atoms with Crippen LogP contribution in [0.15, 0.2) is 40.8 Å². The molecule has 1 saturated heterocycles. The van der Waals surface area contributed by atoms with E-state index in [9.17, 15) is 22.8 Å². The molecule has 0 spiro atoms. The molecule has 0 unspecified atom stereocenters. The van der Waals surface area contributed by atoms with Crippen LogP contribution in [0.4, 0.5) is 13.2 Å². The van der Waals surface area contributed by atoms with Crippen molar-refractivity contribution in [3.63, 3.8) is 0 Å². The number of rotatable bonds is 3. The fourth-order valence-corrected chi connectivity index (χ4v) is 2.68. The zero-order valence-corrected chi connectivity index (χ0v) is 13.3. The molecule has 1 fully saturated rings. The van der Waals surface area contributed by atoms with Crippen molar-refractivity contribution in [3.05, 3.63) is 47.7 Å². The van der Waals surface area contributed by atoms with Crippen LogP contribution in [0.25, 0.3) is 11.3 Å². The van der Waals surface area contributed by atoms with Crippen LogP contribution in [0, 0.1) is 0 Å². The second-order valence-corrected chi connectivity index (χ2v) is 5.89. The van der Waals surface area contributed by atoms with Gasteiger partial charge in [-0.1, -0.05) is 12.1 Å². The Morgan fingerprint density at radius 2 is 2.04 bits per heavy atom. The minimum absolute atomic E-state index is 0.0191. The standard InChI is InChI=1S/C17H15F3N2O3/c1-22-9-12(8-15(22)23)21-16(24)14-6-5-13(25-14)10-3-2-4-11(7-10)17(18,19)20/h2-7,12H,8-9H2,1H3,(H,21,24)/t12-/m0/s1. The summed E-state index contributed by atoms with van der Waals surface area (Å²) < 4.78 is 43.7. The molecule has 1 aromatic heterocycles. The van der Waals surface area contributed by atoms with Gasteiger partial charge in [0, 0.05) is 25.6 Å². The average Bonchev–Trinajstić information content (AvgIpc) is 3.14. The van der Waals surface area contributed by atoms with E-state index in [4.69, 9.17) is 4.42 Å². The van der Waals surface area contributed by atoms with Crippen LogP contribution in [0.1, 0.15) is 22.5 Å². The molecule has 2 aromatic rings. The van der Waals surface area contributed by atoms with Gasteiger partial charge in [-0.2, -0.15) is 13.2 Å². The number of nitrogens with one attached hydrogen (secondary N) is 1. The SMILES string of the molecule is CN1C[C@@H](NC(=O)c2ccc(-c3cccc(C(F)(F)F)c3)o2)CC1=O. The number of halogens is 3. The average molecular weight is 352 g/mol. The van der Waals surface area contributed by atoms with Gasteiger partial charge in [0.1, 0.15) is 5.76 Å². The summed E-state index contributed by atoms with van der Waals surface area (Å²) in [5.74, 6) is -0.425. The Bertz CT molecular complexity index is 813. The molecule has 5 nitrogen and oxygen atoms in total. The second kappa shape index (κ2) is 6.27. The molecular weight excluding hydrogens is 337 g/mol. The number of amides is 2. The summed E-state index contributed by atoms with van der Waals surface area (Å²) in [5, 5.41) is 2.68. The number of nitrogens with zero attached hydrogens (tertiary/aromatic N) is 1. The normalized spacial score (nSPS) is 17.8. The van der Waals surface area contributed by atoms with Crippen molar-refractivity contribution in [2.75, 3.05) is 13.6 Å². The first kappa shape index (κ1) is 17.1. The lowest BCUT2D eigenvalue weighted by atomic mass is 10.1. The van der Waals surface area contributed by atoms with Gasteiger partial charge in [-0.25, -0.2) is 0 Å². The largest absolute Gasteiger partial charge is 0.451 e. The van der Waals surface area contributed by atoms with Crippen molar-refractivity contribution >= 4 is 11.8 Å². The Hall–Kier alpha value is -2.77. The van der Waals surface area contributed by atoms with E-state index in [0.29, 0.717) is 6.54 Å². The molecule has 0 saturated carbocycles. The van der Waals surface area contributed by atoms with E-state index in [1.165, 1.54) is 29.2 Å². The van der Waals surface area contributed by atoms with E-state index in [0.717, 1.165) is 12.1 Å². The summed E-state index contributed by atoms with van der Waals surface area (Å²) in [6.45, 7) is 0.408. The van der Waals surface area contributed by atoms with Gasteiger partial charge in [-0.05, 0) is 24.3 Å². The minimum atomic E-state index is -4.45. The van der Waals surface area contributed by atoms with Crippen LogP contribution in [0.5, 0.6) is 0 Å². The van der Waals surface area contributed by atoms with Gasteiger partial charge in [-0.15, -0.1) is 0 Å². The molecule has 3 rings (SSSR count). The van der Waals surface area contributed by atoms with Gasteiger partial charge in [0.15, 0.2) is 5.76 Å². The molecule has 2 heterocycles. The lowest BCUT2D eigenvalue weighted by Gasteiger charge is -2.11. The molecule has 0 bridgehead atoms. The van der Waals surface area contributed by atoms with E-state index < -0.39 is 17.6 Å². The Morgan fingerprint density at radius 3 is 2.68 bits per heavy atom. The summed E-state index contributed by atoms with van der Waals surface area (Å²) in [6, 6.07) is 7.20. The highest BCUT2D eigenvalue weighted by Gasteiger charge is 2.31. The molecule has 8 heteroatoms. The first-order chi connectivity index (χ1) is 11.7. The lowest BCUT2D eigenvalue weighted by Crippen LogP contribution is -2.36. The number of carbonyl (C=O) groups excluding carboxylic acids is 2. The minimum Gasteiger partial charge on any atom is -0.451 e. The molecule has 1 aromatic carbocycles. The summed E-state index contributed by atoms with van der Waals surface area (Å²) in [4.78, 5) is 25.1. The fourth-order valence-electron chi connectivity index (χ4n) is 2.68. The maximum absolute atomic E-state index is 12.8. The third-order valence-electron chi connectivity index (χ3n) is 3.98. The van der Waals surface area contributed by atoms with E-state index in [1.807, 2.05) is 0 Å². The van der Waals surface area contributed by atoms with E-state index in [2.05, 4.69) is 5.32 Å². The van der Waals surface area contributed by atoms with Gasteiger partial charge in [-0.3, -0.25) is 9.59 Å². The van der Waals surface area contributed by atoms with Crippen molar-refractivity contribution < 1.29 is 27.2 Å².